The van der Waals surface area contributed by atoms with Gasteiger partial charge in [0.15, 0.2) is 0 Å². The van der Waals surface area contributed by atoms with Gasteiger partial charge in [-0.25, -0.2) is 0 Å². The molecule has 0 heterocycles. The number of rotatable bonds is 2. The van der Waals surface area contributed by atoms with Crippen LogP contribution in [0.3, 0.4) is 0 Å². The topological polar surface area (TPSA) is 0 Å². The first-order valence-electron chi connectivity index (χ1n) is 6.71. The van der Waals surface area contributed by atoms with Crippen molar-refractivity contribution in [2.45, 2.75) is 24.1 Å². The summed E-state index contributed by atoms with van der Waals surface area (Å²) in [6.45, 7) is 0. The van der Waals surface area contributed by atoms with E-state index in [4.69, 9.17) is 0 Å². The maximum atomic E-state index is 3.92. The number of benzene rings is 2. The van der Waals surface area contributed by atoms with Crippen LogP contribution in [0.5, 0.6) is 0 Å². The Balaban J connectivity index is 1.83. The van der Waals surface area contributed by atoms with E-state index < -0.39 is 0 Å². The zero-order valence-corrected chi connectivity index (χ0v) is 13.8. The molecule has 2 unspecified atom stereocenters. The molecule has 0 saturated carbocycles. The molecule has 0 amide bonds. The predicted molar refractivity (Wildman–Crippen MR) is 87.8 cm³/mol. The minimum Gasteiger partial charge on any atom is -0.0836 e. The second-order valence-electron chi connectivity index (χ2n) is 5.19. The first kappa shape index (κ1) is 13.4. The third kappa shape index (κ3) is 2.80. The van der Waals surface area contributed by atoms with Crippen LogP contribution in [-0.4, -0.2) is 0 Å². The molecule has 0 N–H and O–H groups in total. The average molecular weight is 380 g/mol. The molecule has 0 radical (unpaired) electrons. The van der Waals surface area contributed by atoms with E-state index >= 15 is 0 Å². The molecule has 0 aromatic heterocycles. The van der Waals surface area contributed by atoms with E-state index in [9.17, 15) is 0 Å². The summed E-state index contributed by atoms with van der Waals surface area (Å²) in [7, 11) is 0. The van der Waals surface area contributed by atoms with Crippen molar-refractivity contribution >= 4 is 31.9 Å². The molecule has 0 aliphatic heterocycles. The van der Waals surface area contributed by atoms with E-state index in [1.807, 2.05) is 0 Å². The monoisotopic (exact) mass is 378 g/mol. The number of aryl methyl sites for hydroxylation is 1. The summed E-state index contributed by atoms with van der Waals surface area (Å²) in [5, 5.41) is 0. The van der Waals surface area contributed by atoms with Gasteiger partial charge in [-0.2, -0.15) is 0 Å². The average Bonchev–Trinajstić information content (AvgIpc) is 2.44. The van der Waals surface area contributed by atoms with Crippen molar-refractivity contribution in [1.82, 2.24) is 0 Å². The molecule has 1 aliphatic rings. The molecule has 2 aromatic rings. The predicted octanol–water partition coefficient (Wildman–Crippen LogP) is 5.69. The number of hydrogen-bond acceptors (Lipinski definition) is 0. The van der Waals surface area contributed by atoms with Crippen LogP contribution in [-0.2, 0) is 12.8 Å². The van der Waals surface area contributed by atoms with Gasteiger partial charge in [-0.05, 0) is 47.9 Å². The summed E-state index contributed by atoms with van der Waals surface area (Å²) in [5.74, 6) is 0.675. The van der Waals surface area contributed by atoms with Gasteiger partial charge in [0.2, 0.25) is 0 Å². The summed E-state index contributed by atoms with van der Waals surface area (Å²) < 4.78 is 1.23. The Morgan fingerprint density at radius 1 is 1.00 bits per heavy atom. The van der Waals surface area contributed by atoms with Gasteiger partial charge in [0.1, 0.15) is 0 Å². The second-order valence-corrected chi connectivity index (χ2v) is 7.04. The Kier molecular flexibility index (Phi) is 4.09. The van der Waals surface area contributed by atoms with Gasteiger partial charge >= 0.3 is 0 Å². The quantitative estimate of drug-likeness (QED) is 0.588. The normalized spacial score (nSPS) is 22.0. The lowest BCUT2D eigenvalue weighted by atomic mass is 9.81. The Hall–Kier alpha value is -0.600. The van der Waals surface area contributed by atoms with Crippen LogP contribution in [0.25, 0.3) is 0 Å². The van der Waals surface area contributed by atoms with Crippen molar-refractivity contribution in [3.8, 4) is 0 Å². The van der Waals surface area contributed by atoms with Crippen molar-refractivity contribution in [3.05, 3.63) is 69.7 Å². The van der Waals surface area contributed by atoms with Crippen LogP contribution in [0, 0.1) is 5.92 Å². The summed E-state index contributed by atoms with van der Waals surface area (Å²) >= 11 is 7.58. The van der Waals surface area contributed by atoms with Gasteiger partial charge in [-0.1, -0.05) is 74.3 Å². The molecule has 3 rings (SSSR count). The molecule has 0 saturated heterocycles. The number of hydrogen-bond donors (Lipinski definition) is 0. The van der Waals surface area contributed by atoms with Crippen molar-refractivity contribution in [2.75, 3.05) is 0 Å². The van der Waals surface area contributed by atoms with Gasteiger partial charge in [0.05, 0.1) is 0 Å². The smallest absolute Gasteiger partial charge is 0.0429 e. The van der Waals surface area contributed by atoms with Crippen molar-refractivity contribution in [3.63, 3.8) is 0 Å². The molecule has 0 fully saturated rings. The maximum absolute atomic E-state index is 3.92. The van der Waals surface area contributed by atoms with E-state index in [0.29, 0.717) is 10.7 Å². The Bertz CT molecular complexity index is 577. The fourth-order valence-corrected chi connectivity index (χ4v) is 4.27. The number of alkyl halides is 1. The fraction of sp³-hybridized carbons (Fsp3) is 0.294. The third-order valence-corrected chi connectivity index (χ3v) is 6.01. The Labute approximate surface area is 131 Å². The van der Waals surface area contributed by atoms with Crippen molar-refractivity contribution < 1.29 is 0 Å². The number of fused-ring (bicyclic) bond motifs is 1. The zero-order valence-electron chi connectivity index (χ0n) is 10.7. The molecule has 2 atom stereocenters. The molecule has 1 aliphatic carbocycles. The first-order valence-corrected chi connectivity index (χ1v) is 8.42. The minimum absolute atomic E-state index is 0.476. The maximum Gasteiger partial charge on any atom is 0.0429 e. The van der Waals surface area contributed by atoms with Crippen molar-refractivity contribution in [1.29, 1.82) is 0 Å². The van der Waals surface area contributed by atoms with Gasteiger partial charge in [0.25, 0.3) is 0 Å². The highest BCUT2D eigenvalue weighted by molar-refractivity contribution is 9.10. The zero-order chi connectivity index (χ0) is 13.2. The van der Waals surface area contributed by atoms with Crippen LogP contribution in [0.1, 0.15) is 27.9 Å². The van der Waals surface area contributed by atoms with E-state index in [1.165, 1.54) is 34.0 Å². The van der Waals surface area contributed by atoms with E-state index in [2.05, 4.69) is 80.4 Å². The first-order chi connectivity index (χ1) is 9.25. The van der Waals surface area contributed by atoms with Gasteiger partial charge in [-0.15, -0.1) is 0 Å². The summed E-state index contributed by atoms with van der Waals surface area (Å²) in [5.41, 5.74) is 4.40. The Morgan fingerprint density at radius 3 is 2.58 bits per heavy atom. The fourth-order valence-electron chi connectivity index (χ4n) is 2.92. The van der Waals surface area contributed by atoms with Gasteiger partial charge in [-0.3, -0.25) is 0 Å². The molecule has 0 bridgehead atoms. The molecular formula is C17H16Br2. The Morgan fingerprint density at radius 2 is 1.74 bits per heavy atom. The summed E-state index contributed by atoms with van der Waals surface area (Å²) in [6, 6.07) is 17.4. The SMILES string of the molecule is Brc1ccccc1CC1CCc2ccccc2C1Br. The second kappa shape index (κ2) is 5.80. The van der Waals surface area contributed by atoms with Crippen molar-refractivity contribution in [2.24, 2.45) is 5.92 Å². The lowest BCUT2D eigenvalue weighted by Gasteiger charge is -2.30. The van der Waals surface area contributed by atoms with Crippen LogP contribution in [0.15, 0.2) is 53.0 Å². The van der Waals surface area contributed by atoms with Crippen LogP contribution in [0.2, 0.25) is 0 Å². The van der Waals surface area contributed by atoms with Gasteiger partial charge < -0.3 is 0 Å². The largest absolute Gasteiger partial charge is 0.0836 e. The summed E-state index contributed by atoms with van der Waals surface area (Å²) in [4.78, 5) is 0.476. The molecule has 0 nitrogen and oxygen atoms in total. The van der Waals surface area contributed by atoms with E-state index in [-0.39, 0.29) is 0 Å². The van der Waals surface area contributed by atoms with Gasteiger partial charge in [0, 0.05) is 9.30 Å². The highest BCUT2D eigenvalue weighted by Gasteiger charge is 2.27. The van der Waals surface area contributed by atoms with Crippen LogP contribution >= 0.6 is 31.9 Å². The van der Waals surface area contributed by atoms with E-state index in [1.54, 1.807) is 0 Å². The van der Waals surface area contributed by atoms with Crippen LogP contribution in [0.4, 0.5) is 0 Å². The highest BCUT2D eigenvalue weighted by Crippen LogP contribution is 2.42. The minimum atomic E-state index is 0.476. The molecule has 19 heavy (non-hydrogen) atoms. The number of halogens is 2. The molecule has 2 heteroatoms. The highest BCUT2D eigenvalue weighted by atomic mass is 79.9. The third-order valence-electron chi connectivity index (χ3n) is 3.99. The lowest BCUT2D eigenvalue weighted by Crippen LogP contribution is -2.19. The standard InChI is InChI=1S/C17H16Br2/c18-16-8-4-2-6-13(16)11-14-10-9-12-5-1-3-7-15(12)17(14)19/h1-8,14,17H,9-11H2. The molecular weight excluding hydrogens is 364 g/mol. The summed E-state index contributed by atoms with van der Waals surface area (Å²) in [6.07, 6.45) is 3.59. The van der Waals surface area contributed by atoms with E-state index in [0.717, 1.165) is 6.42 Å². The molecule has 98 valence electrons. The molecule has 0 spiro atoms. The molecule has 2 aromatic carbocycles. The lowest BCUT2D eigenvalue weighted by molar-refractivity contribution is 0.452. The van der Waals surface area contributed by atoms with Crippen LogP contribution < -0.4 is 0 Å².